The molecule has 2 heterocycles. The first-order valence-corrected chi connectivity index (χ1v) is 17.3. The molecule has 0 fully saturated rings. The molecular weight excluding hydrogens is 593 g/mol. The molecule has 0 amide bonds. The molecule has 0 saturated carbocycles. The fourth-order valence-corrected chi connectivity index (χ4v) is 9.83. The van der Waals surface area contributed by atoms with Gasteiger partial charge in [-0.05, 0) is 79.2 Å². The van der Waals surface area contributed by atoms with E-state index in [-0.39, 0.29) is 0 Å². The zero-order valence-electron chi connectivity index (χ0n) is 24.8. The SMILES string of the molecule is c1ccc(-c2c3ccccc3c(-c3ccc(-c4ccc5sc6c(ccc7sc8ccccc8c76)c5c4)cc3)c3ccccc23)cc1. The van der Waals surface area contributed by atoms with Crippen LogP contribution in [0.15, 0.2) is 158 Å². The molecule has 214 valence electrons. The molecule has 0 radical (unpaired) electrons. The Labute approximate surface area is 274 Å². The van der Waals surface area contributed by atoms with Gasteiger partial charge in [-0.1, -0.05) is 133 Å². The van der Waals surface area contributed by atoms with E-state index in [9.17, 15) is 0 Å². The number of hydrogen-bond donors (Lipinski definition) is 0. The molecule has 0 aliphatic rings. The average molecular weight is 619 g/mol. The van der Waals surface area contributed by atoms with Crippen LogP contribution in [-0.4, -0.2) is 0 Å². The van der Waals surface area contributed by atoms with Crippen LogP contribution in [0.1, 0.15) is 0 Å². The summed E-state index contributed by atoms with van der Waals surface area (Å²) in [6.45, 7) is 0. The third-order valence-corrected chi connectivity index (χ3v) is 11.8. The third kappa shape index (κ3) is 3.84. The lowest BCUT2D eigenvalue weighted by atomic mass is 9.86. The molecule has 10 rings (SSSR count). The van der Waals surface area contributed by atoms with Gasteiger partial charge in [0.1, 0.15) is 0 Å². The van der Waals surface area contributed by atoms with Gasteiger partial charge < -0.3 is 0 Å². The van der Waals surface area contributed by atoms with Gasteiger partial charge >= 0.3 is 0 Å². The van der Waals surface area contributed by atoms with E-state index < -0.39 is 0 Å². The third-order valence-electron chi connectivity index (χ3n) is 9.48. The standard InChI is InChI=1S/C44H26S2/c1-2-10-28(11-3-1)41-31-12-4-6-14-33(31)42(34-15-7-5-13-32(34)41)29-20-18-27(19-21-29)30-22-24-39-37(26-30)35-23-25-40-43(44(35)46-39)36-16-8-9-17-38(36)45-40/h1-26H. The van der Waals surface area contributed by atoms with Gasteiger partial charge in [0.15, 0.2) is 0 Å². The van der Waals surface area contributed by atoms with Crippen LogP contribution in [0, 0.1) is 0 Å². The summed E-state index contributed by atoms with van der Waals surface area (Å²) in [7, 11) is 0. The minimum absolute atomic E-state index is 1.24. The van der Waals surface area contributed by atoms with Gasteiger partial charge in [0, 0.05) is 40.3 Å². The largest absolute Gasteiger partial charge is 0.135 e. The number of benzene rings is 8. The Kier molecular flexibility index (Phi) is 5.72. The van der Waals surface area contributed by atoms with Gasteiger partial charge in [0.25, 0.3) is 0 Å². The number of hydrogen-bond acceptors (Lipinski definition) is 2. The molecule has 0 aliphatic carbocycles. The van der Waals surface area contributed by atoms with Gasteiger partial charge in [-0.3, -0.25) is 0 Å². The Morgan fingerprint density at radius 3 is 1.46 bits per heavy atom. The van der Waals surface area contributed by atoms with Crippen molar-refractivity contribution in [3.05, 3.63) is 158 Å². The molecule has 2 aromatic heterocycles. The summed E-state index contributed by atoms with van der Waals surface area (Å²) in [5, 5.41) is 10.6. The second kappa shape index (κ2) is 10.1. The maximum absolute atomic E-state index is 2.39. The minimum atomic E-state index is 1.24. The zero-order valence-corrected chi connectivity index (χ0v) is 26.5. The zero-order chi connectivity index (χ0) is 30.2. The van der Waals surface area contributed by atoms with Crippen molar-refractivity contribution in [1.29, 1.82) is 0 Å². The molecule has 0 N–H and O–H groups in total. The van der Waals surface area contributed by atoms with E-state index in [2.05, 4.69) is 158 Å². The number of rotatable bonds is 3. The van der Waals surface area contributed by atoms with Crippen molar-refractivity contribution in [2.45, 2.75) is 0 Å². The second-order valence-corrected chi connectivity index (χ2v) is 14.1. The lowest BCUT2D eigenvalue weighted by molar-refractivity contribution is 1.63. The van der Waals surface area contributed by atoms with Crippen molar-refractivity contribution >= 4 is 84.6 Å². The Morgan fingerprint density at radius 1 is 0.283 bits per heavy atom. The fraction of sp³-hybridized carbons (Fsp3) is 0. The smallest absolute Gasteiger partial charge is 0.0448 e. The van der Waals surface area contributed by atoms with E-state index in [1.54, 1.807) is 0 Å². The topological polar surface area (TPSA) is 0 Å². The summed E-state index contributed by atoms with van der Waals surface area (Å²) in [5.74, 6) is 0. The Balaban J connectivity index is 1.13. The van der Waals surface area contributed by atoms with Gasteiger partial charge in [-0.15, -0.1) is 22.7 Å². The molecule has 0 spiro atoms. The van der Waals surface area contributed by atoms with Crippen molar-refractivity contribution < 1.29 is 0 Å². The van der Waals surface area contributed by atoms with E-state index in [0.29, 0.717) is 0 Å². The first-order chi connectivity index (χ1) is 22.8. The van der Waals surface area contributed by atoms with E-state index in [4.69, 9.17) is 0 Å². The lowest BCUT2D eigenvalue weighted by Gasteiger charge is -2.18. The highest BCUT2D eigenvalue weighted by atomic mass is 32.1. The van der Waals surface area contributed by atoms with Crippen LogP contribution < -0.4 is 0 Å². The number of fused-ring (bicyclic) bond motifs is 9. The molecular formula is C44H26S2. The Morgan fingerprint density at radius 2 is 0.783 bits per heavy atom. The van der Waals surface area contributed by atoms with E-state index in [1.165, 1.54) is 95.3 Å². The summed E-state index contributed by atoms with van der Waals surface area (Å²) < 4.78 is 5.47. The Bertz CT molecular complexity index is 2720. The monoisotopic (exact) mass is 618 g/mol. The van der Waals surface area contributed by atoms with Crippen LogP contribution in [-0.2, 0) is 0 Å². The lowest BCUT2D eigenvalue weighted by Crippen LogP contribution is -1.90. The molecule has 0 bridgehead atoms. The highest BCUT2D eigenvalue weighted by Gasteiger charge is 2.17. The average Bonchev–Trinajstić information content (AvgIpc) is 3.69. The molecule has 0 unspecified atom stereocenters. The summed E-state index contributed by atoms with van der Waals surface area (Å²) in [5.41, 5.74) is 7.58. The summed E-state index contributed by atoms with van der Waals surface area (Å²) >= 11 is 3.82. The van der Waals surface area contributed by atoms with Crippen molar-refractivity contribution in [3.63, 3.8) is 0 Å². The molecule has 0 saturated heterocycles. The molecule has 8 aromatic carbocycles. The van der Waals surface area contributed by atoms with Crippen LogP contribution in [0.2, 0.25) is 0 Å². The number of thiophene rings is 2. The van der Waals surface area contributed by atoms with Crippen LogP contribution in [0.25, 0.3) is 95.3 Å². The summed E-state index contributed by atoms with van der Waals surface area (Å²) in [6.07, 6.45) is 0. The predicted molar refractivity (Wildman–Crippen MR) is 204 cm³/mol. The molecule has 0 atom stereocenters. The first kappa shape index (κ1) is 26.0. The maximum atomic E-state index is 2.39. The molecule has 10 aromatic rings. The van der Waals surface area contributed by atoms with Gasteiger partial charge in [-0.2, -0.15) is 0 Å². The van der Waals surface area contributed by atoms with Crippen LogP contribution in [0.3, 0.4) is 0 Å². The van der Waals surface area contributed by atoms with Crippen LogP contribution in [0.5, 0.6) is 0 Å². The summed E-state index contributed by atoms with van der Waals surface area (Å²) in [6, 6.07) is 58.2. The fourth-order valence-electron chi connectivity index (χ4n) is 7.41. The maximum Gasteiger partial charge on any atom is 0.0448 e. The van der Waals surface area contributed by atoms with Crippen molar-refractivity contribution in [1.82, 2.24) is 0 Å². The molecule has 2 heteroatoms. The van der Waals surface area contributed by atoms with Gasteiger partial charge in [0.05, 0.1) is 0 Å². The van der Waals surface area contributed by atoms with Gasteiger partial charge in [0.2, 0.25) is 0 Å². The predicted octanol–water partition coefficient (Wildman–Crippen LogP) is 13.7. The van der Waals surface area contributed by atoms with E-state index in [1.807, 2.05) is 22.7 Å². The minimum Gasteiger partial charge on any atom is -0.135 e. The van der Waals surface area contributed by atoms with Crippen molar-refractivity contribution in [2.75, 3.05) is 0 Å². The van der Waals surface area contributed by atoms with Crippen molar-refractivity contribution in [3.8, 4) is 33.4 Å². The quantitative estimate of drug-likeness (QED) is 0.173. The molecule has 46 heavy (non-hydrogen) atoms. The summed E-state index contributed by atoms with van der Waals surface area (Å²) in [4.78, 5) is 0. The van der Waals surface area contributed by atoms with Crippen LogP contribution >= 0.6 is 22.7 Å². The second-order valence-electron chi connectivity index (χ2n) is 12.0. The van der Waals surface area contributed by atoms with Gasteiger partial charge in [-0.25, -0.2) is 0 Å². The normalized spacial score (nSPS) is 11.9. The first-order valence-electron chi connectivity index (χ1n) is 15.7. The highest BCUT2D eigenvalue weighted by Crippen LogP contribution is 2.46. The van der Waals surface area contributed by atoms with Crippen LogP contribution in [0.4, 0.5) is 0 Å². The van der Waals surface area contributed by atoms with E-state index in [0.717, 1.165) is 0 Å². The Hall–Kier alpha value is -5.28. The van der Waals surface area contributed by atoms with Crippen molar-refractivity contribution in [2.24, 2.45) is 0 Å². The van der Waals surface area contributed by atoms with E-state index >= 15 is 0 Å². The molecule has 0 nitrogen and oxygen atoms in total. The molecule has 0 aliphatic heterocycles. The highest BCUT2D eigenvalue weighted by molar-refractivity contribution is 7.29.